The summed E-state index contributed by atoms with van der Waals surface area (Å²) < 4.78 is 9.44. The number of hydrogen-bond donors (Lipinski definition) is 1. The predicted octanol–water partition coefficient (Wildman–Crippen LogP) is 1.41. The molecular weight excluding hydrogens is 282 g/mol. The number of ether oxygens (including phenoxy) is 2. The summed E-state index contributed by atoms with van der Waals surface area (Å²) in [6.45, 7) is 1.20. The minimum absolute atomic E-state index is 0.205. The molecule has 114 valence electrons. The molecule has 0 aliphatic heterocycles. The Labute approximate surface area is 120 Å². The Hall–Kier alpha value is -2.64. The van der Waals surface area contributed by atoms with E-state index in [0.29, 0.717) is 0 Å². The predicted molar refractivity (Wildman–Crippen MR) is 71.1 cm³/mol. The maximum Gasteiger partial charge on any atom is 0.323 e. The Kier molecular flexibility index (Phi) is 4.85. The molecule has 0 radical (unpaired) electrons. The Morgan fingerprint density at radius 2 is 1.95 bits per heavy atom. The van der Waals surface area contributed by atoms with E-state index in [1.165, 1.54) is 32.2 Å². The van der Waals surface area contributed by atoms with Crippen molar-refractivity contribution in [3.8, 4) is 5.75 Å². The summed E-state index contributed by atoms with van der Waals surface area (Å²) in [5, 5.41) is 20.1. The maximum absolute atomic E-state index is 11.7. The number of nitrogens with zero attached hydrogens (tertiary/aromatic N) is 1. The Morgan fingerprint density at radius 1 is 1.33 bits per heavy atom. The van der Waals surface area contributed by atoms with E-state index < -0.39 is 22.3 Å². The molecule has 0 saturated carbocycles. The normalized spacial score (nSPS) is 13.1. The molecule has 8 heteroatoms. The number of rotatable bonds is 6. The van der Waals surface area contributed by atoms with Crippen molar-refractivity contribution in [2.75, 3.05) is 14.2 Å². The quantitative estimate of drug-likeness (QED) is 0.365. The number of aliphatic carboxylic acids is 1. The average molecular weight is 297 g/mol. The highest BCUT2D eigenvalue weighted by Crippen LogP contribution is 2.29. The fourth-order valence-corrected chi connectivity index (χ4v) is 1.84. The van der Waals surface area contributed by atoms with Gasteiger partial charge in [-0.3, -0.25) is 19.7 Å². The molecule has 0 aliphatic rings. The molecule has 0 aromatic heterocycles. The molecule has 0 heterocycles. The Bertz CT molecular complexity index is 584. The average Bonchev–Trinajstić information content (AvgIpc) is 2.45. The molecule has 0 fully saturated rings. The number of non-ortho nitro benzene ring substituents is 1. The van der Waals surface area contributed by atoms with Gasteiger partial charge in [-0.1, -0.05) is 0 Å². The number of esters is 1. The van der Waals surface area contributed by atoms with Crippen LogP contribution in [0.25, 0.3) is 0 Å². The number of nitro benzene ring substituents is 1. The van der Waals surface area contributed by atoms with Gasteiger partial charge in [0.1, 0.15) is 5.75 Å². The van der Waals surface area contributed by atoms with Crippen LogP contribution in [0.1, 0.15) is 12.5 Å². The summed E-state index contributed by atoms with van der Waals surface area (Å²) in [5.74, 6) is -2.10. The number of carbonyl (C=O) groups excluding carboxylic acids is 1. The molecule has 1 rings (SSSR count). The van der Waals surface area contributed by atoms with Crippen LogP contribution in [0.5, 0.6) is 5.75 Å². The van der Waals surface area contributed by atoms with Crippen molar-refractivity contribution in [3.05, 3.63) is 33.9 Å². The maximum atomic E-state index is 11.7. The first-order chi connectivity index (χ1) is 9.74. The van der Waals surface area contributed by atoms with Gasteiger partial charge in [-0.15, -0.1) is 0 Å². The van der Waals surface area contributed by atoms with Gasteiger partial charge in [0, 0.05) is 6.07 Å². The zero-order valence-electron chi connectivity index (χ0n) is 11.8. The SMILES string of the molecule is COC(=O)C(C)(Cc1cc(OC)cc([N+](=O)[O-])c1)C(=O)O. The monoisotopic (exact) mass is 297 g/mol. The van der Waals surface area contributed by atoms with Crippen LogP contribution in [0.15, 0.2) is 18.2 Å². The highest BCUT2D eigenvalue weighted by molar-refractivity contribution is 5.98. The van der Waals surface area contributed by atoms with Gasteiger partial charge in [0.05, 0.1) is 25.2 Å². The van der Waals surface area contributed by atoms with Crippen molar-refractivity contribution in [2.24, 2.45) is 5.41 Å². The van der Waals surface area contributed by atoms with Gasteiger partial charge >= 0.3 is 11.9 Å². The minimum Gasteiger partial charge on any atom is -0.496 e. The van der Waals surface area contributed by atoms with E-state index in [1.807, 2.05) is 0 Å². The summed E-state index contributed by atoms with van der Waals surface area (Å²) >= 11 is 0. The second kappa shape index (κ2) is 6.21. The van der Waals surface area contributed by atoms with E-state index in [4.69, 9.17) is 4.74 Å². The van der Waals surface area contributed by atoms with E-state index in [1.54, 1.807) is 0 Å². The highest BCUT2D eigenvalue weighted by Gasteiger charge is 2.43. The third-order valence-electron chi connectivity index (χ3n) is 3.06. The number of benzene rings is 1. The first-order valence-corrected chi connectivity index (χ1v) is 5.88. The molecule has 1 aromatic rings. The van der Waals surface area contributed by atoms with E-state index in [0.717, 1.165) is 7.11 Å². The van der Waals surface area contributed by atoms with Gasteiger partial charge in [-0.05, 0) is 25.0 Å². The Morgan fingerprint density at radius 3 is 2.38 bits per heavy atom. The van der Waals surface area contributed by atoms with Gasteiger partial charge in [0.2, 0.25) is 0 Å². The lowest BCUT2D eigenvalue weighted by Crippen LogP contribution is -2.39. The Balaban J connectivity index is 3.27. The lowest BCUT2D eigenvalue weighted by atomic mass is 9.83. The number of carbonyl (C=O) groups is 2. The van der Waals surface area contributed by atoms with Gasteiger partial charge in [0.15, 0.2) is 5.41 Å². The molecule has 1 aromatic carbocycles. The number of carboxylic acids is 1. The number of nitro groups is 1. The lowest BCUT2D eigenvalue weighted by Gasteiger charge is -2.21. The molecule has 0 aliphatic carbocycles. The van der Waals surface area contributed by atoms with Crippen LogP contribution in [-0.2, 0) is 20.7 Å². The van der Waals surface area contributed by atoms with Crippen molar-refractivity contribution < 1.29 is 29.1 Å². The first kappa shape index (κ1) is 16.4. The largest absolute Gasteiger partial charge is 0.496 e. The highest BCUT2D eigenvalue weighted by atomic mass is 16.6. The number of methoxy groups -OCH3 is 2. The fourth-order valence-electron chi connectivity index (χ4n) is 1.84. The van der Waals surface area contributed by atoms with Gasteiger partial charge in [-0.2, -0.15) is 0 Å². The summed E-state index contributed by atoms with van der Waals surface area (Å²) in [6.07, 6.45) is -0.257. The van der Waals surface area contributed by atoms with Crippen LogP contribution in [0.2, 0.25) is 0 Å². The van der Waals surface area contributed by atoms with Crippen LogP contribution in [-0.4, -0.2) is 36.2 Å². The zero-order valence-corrected chi connectivity index (χ0v) is 11.8. The molecule has 1 unspecified atom stereocenters. The second-order valence-corrected chi connectivity index (χ2v) is 4.60. The molecule has 0 amide bonds. The van der Waals surface area contributed by atoms with E-state index in [9.17, 15) is 24.8 Å². The van der Waals surface area contributed by atoms with Crippen molar-refractivity contribution >= 4 is 17.6 Å². The van der Waals surface area contributed by atoms with E-state index >= 15 is 0 Å². The van der Waals surface area contributed by atoms with Crippen molar-refractivity contribution in [2.45, 2.75) is 13.3 Å². The van der Waals surface area contributed by atoms with Gasteiger partial charge in [0.25, 0.3) is 5.69 Å². The smallest absolute Gasteiger partial charge is 0.323 e. The molecule has 0 spiro atoms. The van der Waals surface area contributed by atoms with E-state index in [-0.39, 0.29) is 23.4 Å². The van der Waals surface area contributed by atoms with Crippen LogP contribution >= 0.6 is 0 Å². The van der Waals surface area contributed by atoms with Gasteiger partial charge < -0.3 is 14.6 Å². The molecular formula is C13H15NO7. The fraction of sp³-hybridized carbons (Fsp3) is 0.385. The van der Waals surface area contributed by atoms with Crippen molar-refractivity contribution in [1.82, 2.24) is 0 Å². The van der Waals surface area contributed by atoms with Crippen LogP contribution < -0.4 is 4.74 Å². The summed E-state index contributed by atoms with van der Waals surface area (Å²) in [6, 6.07) is 3.85. The number of carboxylic acid groups (broad SMARTS) is 1. The second-order valence-electron chi connectivity index (χ2n) is 4.60. The van der Waals surface area contributed by atoms with Crippen molar-refractivity contribution in [3.63, 3.8) is 0 Å². The molecule has 21 heavy (non-hydrogen) atoms. The summed E-state index contributed by atoms with van der Waals surface area (Å²) in [7, 11) is 2.41. The molecule has 0 bridgehead atoms. The third kappa shape index (κ3) is 3.47. The summed E-state index contributed by atoms with van der Waals surface area (Å²) in [4.78, 5) is 33.2. The van der Waals surface area contributed by atoms with E-state index in [2.05, 4.69) is 4.74 Å². The van der Waals surface area contributed by atoms with Crippen LogP contribution in [0.3, 0.4) is 0 Å². The molecule has 8 nitrogen and oxygen atoms in total. The van der Waals surface area contributed by atoms with Crippen molar-refractivity contribution in [1.29, 1.82) is 0 Å². The minimum atomic E-state index is -1.84. The molecule has 1 atom stereocenters. The first-order valence-electron chi connectivity index (χ1n) is 5.88. The van der Waals surface area contributed by atoms with Crippen LogP contribution in [0.4, 0.5) is 5.69 Å². The van der Waals surface area contributed by atoms with Gasteiger partial charge in [-0.25, -0.2) is 0 Å². The topological polar surface area (TPSA) is 116 Å². The van der Waals surface area contributed by atoms with Crippen LogP contribution in [0, 0.1) is 15.5 Å². The zero-order chi connectivity index (χ0) is 16.2. The summed E-state index contributed by atoms with van der Waals surface area (Å²) in [5.41, 5.74) is -1.80. The standard InChI is InChI=1S/C13H15NO7/c1-13(11(15)16,12(17)21-3)7-8-4-9(14(18)19)6-10(5-8)20-2/h4-6H,7H2,1-3H3,(H,15,16). The lowest BCUT2D eigenvalue weighted by molar-refractivity contribution is -0.385. The third-order valence-corrected chi connectivity index (χ3v) is 3.06. The number of hydrogen-bond acceptors (Lipinski definition) is 6. The molecule has 0 saturated heterocycles. The molecule has 1 N–H and O–H groups in total.